The van der Waals surface area contributed by atoms with E-state index < -0.39 is 0 Å². The number of pyridine rings is 2. The highest BCUT2D eigenvalue weighted by atomic mass is 32.1. The summed E-state index contributed by atoms with van der Waals surface area (Å²) in [6.07, 6.45) is 17.4. The molecule has 4 heterocycles. The summed E-state index contributed by atoms with van der Waals surface area (Å²) in [5.74, 6) is 0. The molecule has 3 nitrogen and oxygen atoms in total. The lowest BCUT2D eigenvalue weighted by atomic mass is 10.00. The number of allylic oxidation sites excluding steroid dienone is 2. The van der Waals surface area contributed by atoms with Crippen molar-refractivity contribution in [3.05, 3.63) is 88.7 Å². The fraction of sp³-hybridized carbons (Fsp3) is 0.143. The predicted octanol–water partition coefficient (Wildman–Crippen LogP) is 7.22. The Balaban J connectivity index is 1.59. The van der Waals surface area contributed by atoms with Crippen molar-refractivity contribution in [3.8, 4) is 16.9 Å². The molecule has 0 saturated heterocycles. The van der Waals surface area contributed by atoms with Crippen LogP contribution in [-0.4, -0.2) is 14.5 Å². The number of fused-ring (bicyclic) bond motifs is 7. The first-order valence-corrected chi connectivity index (χ1v) is 12.0. The molecule has 0 bridgehead atoms. The number of aromatic nitrogens is 3. The molecule has 0 aliphatic heterocycles. The Morgan fingerprint density at radius 2 is 1.84 bits per heavy atom. The van der Waals surface area contributed by atoms with Crippen molar-refractivity contribution in [1.82, 2.24) is 14.5 Å². The number of rotatable bonds is 2. The highest BCUT2D eigenvalue weighted by molar-refractivity contribution is 7.19. The van der Waals surface area contributed by atoms with Gasteiger partial charge in [-0.2, -0.15) is 0 Å². The molecule has 4 heteroatoms. The molecule has 0 fully saturated rings. The van der Waals surface area contributed by atoms with E-state index in [0.29, 0.717) is 0 Å². The molecule has 1 aromatic carbocycles. The Morgan fingerprint density at radius 1 is 0.906 bits per heavy atom. The summed E-state index contributed by atoms with van der Waals surface area (Å²) in [6, 6.07) is 14.9. The van der Waals surface area contributed by atoms with E-state index >= 15 is 0 Å². The summed E-state index contributed by atoms with van der Waals surface area (Å²) in [7, 11) is 0. The predicted molar refractivity (Wildman–Crippen MR) is 134 cm³/mol. The van der Waals surface area contributed by atoms with Gasteiger partial charge in [-0.15, -0.1) is 11.3 Å². The maximum atomic E-state index is 4.92. The second-order valence-electron chi connectivity index (χ2n) is 8.49. The lowest BCUT2D eigenvalue weighted by molar-refractivity contribution is 0.889. The second kappa shape index (κ2) is 7.01. The first-order chi connectivity index (χ1) is 15.9. The number of hydrogen-bond acceptors (Lipinski definition) is 3. The van der Waals surface area contributed by atoms with Gasteiger partial charge in [0.1, 0.15) is 4.83 Å². The Labute approximate surface area is 190 Å². The molecule has 4 aromatic heterocycles. The number of thiophene rings is 1. The van der Waals surface area contributed by atoms with Gasteiger partial charge in [-0.1, -0.05) is 36.4 Å². The number of aryl methyl sites for hydroxylation is 1. The molecular formula is C28H21N3S. The van der Waals surface area contributed by atoms with Crippen LogP contribution in [0.15, 0.2) is 67.0 Å². The Morgan fingerprint density at radius 3 is 2.78 bits per heavy atom. The number of benzene rings is 1. The fourth-order valence-electron chi connectivity index (χ4n) is 5.24. The monoisotopic (exact) mass is 431 g/mol. The quantitative estimate of drug-likeness (QED) is 0.295. The first-order valence-electron chi connectivity index (χ1n) is 11.2. The zero-order chi connectivity index (χ0) is 21.1. The Hall–Kier alpha value is -3.50. The van der Waals surface area contributed by atoms with E-state index in [1.54, 1.807) is 0 Å². The van der Waals surface area contributed by atoms with E-state index in [4.69, 9.17) is 4.98 Å². The van der Waals surface area contributed by atoms with Gasteiger partial charge >= 0.3 is 0 Å². The van der Waals surface area contributed by atoms with Crippen molar-refractivity contribution >= 4 is 44.6 Å². The maximum Gasteiger partial charge on any atom is 0.126 e. The molecular weight excluding hydrogens is 410 g/mol. The molecule has 0 spiro atoms. The van der Waals surface area contributed by atoms with E-state index in [-0.39, 0.29) is 0 Å². The number of hydrogen-bond donors (Lipinski definition) is 0. The van der Waals surface area contributed by atoms with Crippen LogP contribution in [0.4, 0.5) is 0 Å². The van der Waals surface area contributed by atoms with Crippen LogP contribution in [0.3, 0.4) is 0 Å². The van der Waals surface area contributed by atoms with Gasteiger partial charge in [0, 0.05) is 50.6 Å². The van der Waals surface area contributed by atoms with Crippen molar-refractivity contribution in [3.63, 3.8) is 0 Å². The molecule has 32 heavy (non-hydrogen) atoms. The van der Waals surface area contributed by atoms with Crippen molar-refractivity contribution in [2.24, 2.45) is 0 Å². The highest BCUT2D eigenvalue weighted by Crippen LogP contribution is 2.43. The summed E-state index contributed by atoms with van der Waals surface area (Å²) < 4.78 is 2.51. The summed E-state index contributed by atoms with van der Waals surface area (Å²) in [5.41, 5.74) is 8.85. The summed E-state index contributed by atoms with van der Waals surface area (Å²) in [4.78, 5) is 12.0. The lowest BCUT2D eigenvalue weighted by Crippen LogP contribution is -2.03. The zero-order valence-corrected chi connectivity index (χ0v) is 18.4. The topological polar surface area (TPSA) is 30.7 Å². The minimum absolute atomic E-state index is 1.00. The normalized spacial score (nSPS) is 14.8. The van der Waals surface area contributed by atoms with Crippen LogP contribution in [0.25, 0.3) is 50.2 Å². The van der Waals surface area contributed by atoms with Crippen LogP contribution in [0.1, 0.15) is 34.5 Å². The molecule has 2 aliphatic carbocycles. The third-order valence-electron chi connectivity index (χ3n) is 6.64. The molecule has 0 N–H and O–H groups in total. The second-order valence-corrected chi connectivity index (χ2v) is 9.52. The van der Waals surface area contributed by atoms with Gasteiger partial charge in [-0.05, 0) is 61.6 Å². The molecule has 0 saturated carbocycles. The first kappa shape index (κ1) is 18.1. The molecule has 7 rings (SSSR count). The third kappa shape index (κ3) is 2.59. The third-order valence-corrected chi connectivity index (χ3v) is 7.75. The van der Waals surface area contributed by atoms with Crippen molar-refractivity contribution < 1.29 is 0 Å². The van der Waals surface area contributed by atoms with Gasteiger partial charge < -0.3 is 4.57 Å². The highest BCUT2D eigenvalue weighted by Gasteiger charge is 2.24. The molecule has 5 aromatic rings. The van der Waals surface area contributed by atoms with Gasteiger partial charge in [0.2, 0.25) is 0 Å². The van der Waals surface area contributed by atoms with E-state index in [9.17, 15) is 0 Å². The summed E-state index contributed by atoms with van der Waals surface area (Å²) in [6.45, 7) is 0. The number of nitrogens with zero attached hydrogens (tertiary/aromatic N) is 3. The molecule has 2 aliphatic rings. The zero-order valence-electron chi connectivity index (χ0n) is 17.6. The SMILES string of the molecule is C1=Cc2sc3ncc4c5c(n(-c6cccc(-c7ccccn7)c6)c4c3c2CC1)CCC=C5. The van der Waals surface area contributed by atoms with Crippen LogP contribution in [0.5, 0.6) is 0 Å². The minimum atomic E-state index is 1.00. The largest absolute Gasteiger partial charge is 0.312 e. The summed E-state index contributed by atoms with van der Waals surface area (Å²) >= 11 is 1.83. The van der Waals surface area contributed by atoms with Crippen molar-refractivity contribution in [2.75, 3.05) is 0 Å². The average molecular weight is 432 g/mol. The smallest absolute Gasteiger partial charge is 0.126 e. The van der Waals surface area contributed by atoms with Crippen LogP contribution >= 0.6 is 11.3 Å². The van der Waals surface area contributed by atoms with E-state index in [2.05, 4.69) is 70.4 Å². The van der Waals surface area contributed by atoms with Gasteiger partial charge in [0.05, 0.1) is 11.2 Å². The van der Waals surface area contributed by atoms with Gasteiger partial charge in [0.15, 0.2) is 0 Å². The van der Waals surface area contributed by atoms with E-state index in [1.807, 2.05) is 29.7 Å². The Kier molecular flexibility index (Phi) is 3.96. The van der Waals surface area contributed by atoms with Gasteiger partial charge in [0.25, 0.3) is 0 Å². The van der Waals surface area contributed by atoms with Crippen LogP contribution in [0.2, 0.25) is 0 Å². The minimum Gasteiger partial charge on any atom is -0.312 e. The van der Waals surface area contributed by atoms with E-state index in [0.717, 1.165) is 41.8 Å². The molecule has 0 amide bonds. The van der Waals surface area contributed by atoms with Gasteiger partial charge in [-0.3, -0.25) is 4.98 Å². The van der Waals surface area contributed by atoms with Crippen LogP contribution in [0, 0.1) is 0 Å². The van der Waals surface area contributed by atoms with Crippen molar-refractivity contribution in [2.45, 2.75) is 25.7 Å². The standard InChI is InChI=1S/C28H21N3S/c1-3-13-24-20(10-1)22-17-30-28-26(21-11-2-4-14-25(21)32-28)27(22)31(24)19-9-7-8-18(16-19)23-12-5-6-15-29-23/h1,4-10,12,14-17H,2-3,11,13H2. The van der Waals surface area contributed by atoms with Crippen molar-refractivity contribution in [1.29, 1.82) is 0 Å². The average Bonchev–Trinajstić information content (AvgIpc) is 3.40. The molecule has 154 valence electrons. The van der Waals surface area contributed by atoms with Crippen LogP contribution < -0.4 is 0 Å². The van der Waals surface area contributed by atoms with E-state index in [1.165, 1.54) is 43.7 Å². The fourth-order valence-corrected chi connectivity index (χ4v) is 6.37. The molecule has 0 unspecified atom stereocenters. The van der Waals surface area contributed by atoms with Gasteiger partial charge in [-0.25, -0.2) is 4.98 Å². The molecule has 0 radical (unpaired) electrons. The maximum absolute atomic E-state index is 4.92. The summed E-state index contributed by atoms with van der Waals surface area (Å²) in [5, 5.41) is 2.61. The van der Waals surface area contributed by atoms with Crippen LogP contribution in [-0.2, 0) is 12.8 Å². The molecule has 0 atom stereocenters. The lowest BCUT2D eigenvalue weighted by Gasteiger charge is -2.15. The Bertz CT molecular complexity index is 1570.